The SMILES string of the molecule is CCOc1cccc(N2CCNCC2C(=O)NC)n1. The van der Waals surface area contributed by atoms with Crippen molar-refractivity contribution in [3.8, 4) is 5.88 Å². The molecule has 1 unspecified atom stereocenters. The highest BCUT2D eigenvalue weighted by Gasteiger charge is 2.28. The van der Waals surface area contributed by atoms with Gasteiger partial charge in [-0.3, -0.25) is 4.79 Å². The molecule has 6 heteroatoms. The molecule has 1 atom stereocenters. The van der Waals surface area contributed by atoms with E-state index in [0.717, 1.165) is 18.9 Å². The standard InChI is InChI=1S/C13H20N4O2/c1-3-19-12-6-4-5-11(16-12)17-8-7-15-9-10(17)13(18)14-2/h4-6,10,15H,3,7-9H2,1-2H3,(H,14,18). The fourth-order valence-corrected chi connectivity index (χ4v) is 2.17. The zero-order valence-electron chi connectivity index (χ0n) is 11.3. The number of nitrogens with zero attached hydrogens (tertiary/aromatic N) is 2. The molecule has 2 heterocycles. The summed E-state index contributed by atoms with van der Waals surface area (Å²) in [7, 11) is 1.65. The van der Waals surface area contributed by atoms with E-state index in [0.29, 0.717) is 19.0 Å². The molecule has 1 fully saturated rings. The molecule has 0 aromatic carbocycles. The monoisotopic (exact) mass is 264 g/mol. The van der Waals surface area contributed by atoms with Crippen LogP contribution in [-0.4, -0.2) is 50.2 Å². The van der Waals surface area contributed by atoms with Crippen molar-refractivity contribution in [2.75, 3.05) is 38.2 Å². The lowest BCUT2D eigenvalue weighted by Crippen LogP contribution is -2.57. The van der Waals surface area contributed by atoms with Gasteiger partial charge in [0.25, 0.3) is 0 Å². The summed E-state index contributed by atoms with van der Waals surface area (Å²) in [6.45, 7) is 4.72. The van der Waals surface area contributed by atoms with Crippen molar-refractivity contribution in [1.29, 1.82) is 0 Å². The predicted molar refractivity (Wildman–Crippen MR) is 73.5 cm³/mol. The molecule has 0 saturated carbocycles. The summed E-state index contributed by atoms with van der Waals surface area (Å²) >= 11 is 0. The Bertz CT molecular complexity index is 438. The summed E-state index contributed by atoms with van der Waals surface area (Å²) in [5.74, 6) is 1.37. The molecule has 1 aliphatic rings. The van der Waals surface area contributed by atoms with Crippen LogP contribution in [0, 0.1) is 0 Å². The van der Waals surface area contributed by atoms with Crippen molar-refractivity contribution < 1.29 is 9.53 Å². The summed E-state index contributed by atoms with van der Waals surface area (Å²) in [4.78, 5) is 18.4. The summed E-state index contributed by atoms with van der Waals surface area (Å²) in [5, 5.41) is 5.92. The fourth-order valence-electron chi connectivity index (χ4n) is 2.17. The topological polar surface area (TPSA) is 66.5 Å². The Labute approximate surface area is 113 Å². The molecule has 104 valence electrons. The first-order valence-corrected chi connectivity index (χ1v) is 6.55. The Kier molecular flexibility index (Phi) is 4.57. The molecule has 0 radical (unpaired) electrons. The zero-order chi connectivity index (χ0) is 13.7. The lowest BCUT2D eigenvalue weighted by atomic mass is 10.1. The molecule has 1 saturated heterocycles. The van der Waals surface area contributed by atoms with Crippen molar-refractivity contribution in [3.05, 3.63) is 18.2 Å². The van der Waals surface area contributed by atoms with E-state index >= 15 is 0 Å². The van der Waals surface area contributed by atoms with E-state index in [1.807, 2.05) is 30.0 Å². The van der Waals surface area contributed by atoms with Gasteiger partial charge in [0.05, 0.1) is 6.61 Å². The number of amides is 1. The minimum absolute atomic E-state index is 0.00388. The number of aromatic nitrogens is 1. The third-order valence-corrected chi connectivity index (χ3v) is 3.09. The number of carbonyl (C=O) groups excluding carboxylic acids is 1. The average molecular weight is 264 g/mol. The van der Waals surface area contributed by atoms with E-state index in [-0.39, 0.29) is 11.9 Å². The Balaban J connectivity index is 2.21. The molecule has 1 aromatic rings. The minimum atomic E-state index is -0.233. The second kappa shape index (κ2) is 6.38. The molecule has 1 aromatic heterocycles. The van der Waals surface area contributed by atoms with Crippen molar-refractivity contribution in [3.63, 3.8) is 0 Å². The maximum atomic E-state index is 11.9. The highest BCUT2D eigenvalue weighted by Crippen LogP contribution is 2.19. The molecule has 0 spiro atoms. The van der Waals surface area contributed by atoms with Gasteiger partial charge in [0, 0.05) is 32.7 Å². The number of nitrogens with one attached hydrogen (secondary N) is 2. The molecule has 1 aliphatic heterocycles. The number of likely N-dealkylation sites (N-methyl/N-ethyl adjacent to an activating group) is 1. The number of hydrogen-bond acceptors (Lipinski definition) is 5. The van der Waals surface area contributed by atoms with Crippen LogP contribution in [0.1, 0.15) is 6.92 Å². The van der Waals surface area contributed by atoms with Crippen molar-refractivity contribution in [1.82, 2.24) is 15.6 Å². The van der Waals surface area contributed by atoms with Crippen LogP contribution in [0.3, 0.4) is 0 Å². The third-order valence-electron chi connectivity index (χ3n) is 3.09. The van der Waals surface area contributed by atoms with E-state index < -0.39 is 0 Å². The van der Waals surface area contributed by atoms with Crippen LogP contribution in [0.2, 0.25) is 0 Å². The van der Waals surface area contributed by atoms with E-state index in [9.17, 15) is 4.79 Å². The molecular weight excluding hydrogens is 244 g/mol. The van der Waals surface area contributed by atoms with Crippen LogP contribution in [0.5, 0.6) is 5.88 Å². The van der Waals surface area contributed by atoms with E-state index in [4.69, 9.17) is 4.74 Å². The molecule has 0 aliphatic carbocycles. The lowest BCUT2D eigenvalue weighted by molar-refractivity contribution is -0.122. The van der Waals surface area contributed by atoms with Gasteiger partial charge >= 0.3 is 0 Å². The number of anilines is 1. The fraction of sp³-hybridized carbons (Fsp3) is 0.538. The second-order valence-corrected chi connectivity index (χ2v) is 4.29. The molecule has 2 rings (SSSR count). The quantitative estimate of drug-likeness (QED) is 0.801. The molecule has 19 heavy (non-hydrogen) atoms. The smallest absolute Gasteiger partial charge is 0.243 e. The second-order valence-electron chi connectivity index (χ2n) is 4.29. The normalized spacial score (nSPS) is 19.1. The van der Waals surface area contributed by atoms with Crippen LogP contribution in [0.15, 0.2) is 18.2 Å². The van der Waals surface area contributed by atoms with Crippen LogP contribution in [0.25, 0.3) is 0 Å². The van der Waals surface area contributed by atoms with E-state index in [2.05, 4.69) is 15.6 Å². The first kappa shape index (κ1) is 13.6. The summed E-state index contributed by atoms with van der Waals surface area (Å²) in [5.41, 5.74) is 0. The van der Waals surface area contributed by atoms with Gasteiger partial charge in [-0.1, -0.05) is 6.07 Å². The van der Waals surface area contributed by atoms with Crippen molar-refractivity contribution in [2.24, 2.45) is 0 Å². The van der Waals surface area contributed by atoms with Gasteiger partial charge < -0.3 is 20.3 Å². The molecule has 6 nitrogen and oxygen atoms in total. The Morgan fingerprint density at radius 2 is 2.47 bits per heavy atom. The molecule has 0 bridgehead atoms. The van der Waals surface area contributed by atoms with Crippen LogP contribution >= 0.6 is 0 Å². The Morgan fingerprint density at radius 3 is 3.21 bits per heavy atom. The largest absolute Gasteiger partial charge is 0.478 e. The third kappa shape index (κ3) is 3.14. The van der Waals surface area contributed by atoms with Gasteiger partial charge in [0.15, 0.2) is 0 Å². The molecular formula is C13H20N4O2. The van der Waals surface area contributed by atoms with Gasteiger partial charge in [-0.15, -0.1) is 0 Å². The highest BCUT2D eigenvalue weighted by molar-refractivity contribution is 5.85. The van der Waals surface area contributed by atoms with Gasteiger partial charge in [0.2, 0.25) is 11.8 Å². The van der Waals surface area contributed by atoms with Crippen LogP contribution in [-0.2, 0) is 4.79 Å². The predicted octanol–water partition coefficient (Wildman–Crippen LogP) is 0.00450. The van der Waals surface area contributed by atoms with E-state index in [1.54, 1.807) is 7.05 Å². The summed E-state index contributed by atoms with van der Waals surface area (Å²) < 4.78 is 5.41. The number of rotatable bonds is 4. The highest BCUT2D eigenvalue weighted by atomic mass is 16.5. The van der Waals surface area contributed by atoms with Gasteiger partial charge in [0.1, 0.15) is 11.9 Å². The zero-order valence-corrected chi connectivity index (χ0v) is 11.3. The van der Waals surface area contributed by atoms with Crippen molar-refractivity contribution in [2.45, 2.75) is 13.0 Å². The van der Waals surface area contributed by atoms with Crippen molar-refractivity contribution >= 4 is 11.7 Å². The van der Waals surface area contributed by atoms with Gasteiger partial charge in [-0.2, -0.15) is 4.98 Å². The molecule has 1 amide bonds. The number of hydrogen-bond donors (Lipinski definition) is 2. The lowest BCUT2D eigenvalue weighted by Gasteiger charge is -2.35. The molecule has 2 N–H and O–H groups in total. The van der Waals surface area contributed by atoms with Gasteiger partial charge in [-0.25, -0.2) is 0 Å². The first-order valence-electron chi connectivity index (χ1n) is 6.55. The number of pyridine rings is 1. The average Bonchev–Trinajstić information content (AvgIpc) is 2.47. The van der Waals surface area contributed by atoms with E-state index in [1.165, 1.54) is 0 Å². The van der Waals surface area contributed by atoms with Crippen LogP contribution < -0.4 is 20.3 Å². The van der Waals surface area contributed by atoms with Crippen LogP contribution in [0.4, 0.5) is 5.82 Å². The summed E-state index contributed by atoms with van der Waals surface area (Å²) in [6, 6.07) is 5.40. The van der Waals surface area contributed by atoms with Gasteiger partial charge in [-0.05, 0) is 13.0 Å². The maximum Gasteiger partial charge on any atom is 0.243 e. The first-order chi connectivity index (χ1) is 9.26. The Morgan fingerprint density at radius 1 is 1.63 bits per heavy atom. The maximum absolute atomic E-state index is 11.9. The Hall–Kier alpha value is -1.82. The number of carbonyl (C=O) groups is 1. The summed E-state index contributed by atoms with van der Waals surface area (Å²) in [6.07, 6.45) is 0. The number of piperazine rings is 1. The minimum Gasteiger partial charge on any atom is -0.478 e. The number of ether oxygens (including phenoxy) is 1.